The van der Waals surface area contributed by atoms with Crippen molar-refractivity contribution in [2.24, 2.45) is 5.16 Å². The highest BCUT2D eigenvalue weighted by Crippen LogP contribution is 2.33. The lowest BCUT2D eigenvalue weighted by molar-refractivity contribution is 0.0823. The van der Waals surface area contributed by atoms with Gasteiger partial charge in [0.2, 0.25) is 0 Å². The second kappa shape index (κ2) is 5.13. The Bertz CT molecular complexity index is 607. The van der Waals surface area contributed by atoms with Crippen molar-refractivity contribution in [2.45, 2.75) is 25.9 Å². The summed E-state index contributed by atoms with van der Waals surface area (Å²) in [6.45, 7) is 1.90. The Kier molecular flexibility index (Phi) is 3.34. The number of nitrogens with zero attached hydrogens (tertiary/aromatic N) is 1. The Hall–Kier alpha value is -1.68. The first-order valence-corrected chi connectivity index (χ1v) is 7.11. The molecule has 0 bridgehead atoms. The van der Waals surface area contributed by atoms with Gasteiger partial charge in [-0.05, 0) is 30.0 Å². The van der Waals surface area contributed by atoms with E-state index in [4.69, 9.17) is 4.84 Å². The summed E-state index contributed by atoms with van der Waals surface area (Å²) in [6, 6.07) is 9.29. The Morgan fingerprint density at radius 1 is 1.37 bits per heavy atom. The van der Waals surface area contributed by atoms with Gasteiger partial charge in [-0.25, -0.2) is 4.39 Å². The first kappa shape index (κ1) is 12.4. The summed E-state index contributed by atoms with van der Waals surface area (Å²) in [7, 11) is 0. The van der Waals surface area contributed by atoms with Gasteiger partial charge in [0.05, 0.1) is 5.71 Å². The van der Waals surface area contributed by atoms with E-state index in [1.165, 1.54) is 10.9 Å². The molecule has 4 heteroatoms. The predicted octanol–water partition coefficient (Wildman–Crippen LogP) is 4.32. The van der Waals surface area contributed by atoms with Gasteiger partial charge in [0, 0.05) is 23.3 Å². The Morgan fingerprint density at radius 2 is 2.26 bits per heavy atom. The summed E-state index contributed by atoms with van der Waals surface area (Å²) in [6.07, 6.45) is 1.12. The number of thiophene rings is 1. The Balaban J connectivity index is 1.93. The highest BCUT2D eigenvalue weighted by Gasteiger charge is 2.26. The molecule has 0 saturated carbocycles. The van der Waals surface area contributed by atoms with Gasteiger partial charge in [-0.1, -0.05) is 23.4 Å². The van der Waals surface area contributed by atoms with E-state index in [9.17, 15) is 4.39 Å². The molecule has 3 rings (SSSR count). The molecule has 2 aromatic rings. The first-order chi connectivity index (χ1) is 9.24. The smallest absolute Gasteiger partial charge is 0.160 e. The predicted molar refractivity (Wildman–Crippen MR) is 75.1 cm³/mol. The molecule has 98 valence electrons. The fraction of sp³-hybridized carbons (Fsp3) is 0.267. The molecule has 1 aliphatic heterocycles. The number of benzene rings is 1. The van der Waals surface area contributed by atoms with Gasteiger partial charge < -0.3 is 4.84 Å². The average Bonchev–Trinajstić information content (AvgIpc) is 3.01. The number of halogens is 1. The van der Waals surface area contributed by atoms with Crippen molar-refractivity contribution >= 4 is 17.0 Å². The Labute approximate surface area is 115 Å². The zero-order chi connectivity index (χ0) is 13.2. The molecule has 1 aromatic carbocycles. The van der Waals surface area contributed by atoms with Crippen LogP contribution in [0.4, 0.5) is 4.39 Å². The largest absolute Gasteiger partial charge is 0.387 e. The van der Waals surface area contributed by atoms with Crippen LogP contribution in [0.25, 0.3) is 0 Å². The molecule has 0 radical (unpaired) electrons. The van der Waals surface area contributed by atoms with E-state index < -0.39 is 0 Å². The zero-order valence-corrected chi connectivity index (χ0v) is 11.4. The molecular weight excluding hydrogens is 261 g/mol. The van der Waals surface area contributed by atoms with Crippen LogP contribution in [0.3, 0.4) is 0 Å². The molecule has 0 N–H and O–H groups in total. The molecule has 1 aliphatic rings. The van der Waals surface area contributed by atoms with Gasteiger partial charge in [0.15, 0.2) is 6.10 Å². The van der Waals surface area contributed by atoms with Crippen molar-refractivity contribution in [2.75, 3.05) is 0 Å². The van der Waals surface area contributed by atoms with Gasteiger partial charge in [-0.2, -0.15) is 0 Å². The van der Waals surface area contributed by atoms with Gasteiger partial charge in [-0.15, -0.1) is 11.3 Å². The maximum atomic E-state index is 14.1. The van der Waals surface area contributed by atoms with Crippen LogP contribution in [0, 0.1) is 5.82 Å². The monoisotopic (exact) mass is 275 g/mol. The minimum Gasteiger partial charge on any atom is -0.387 e. The van der Waals surface area contributed by atoms with E-state index in [0.717, 1.165) is 17.7 Å². The highest BCUT2D eigenvalue weighted by molar-refractivity contribution is 7.09. The quantitative estimate of drug-likeness (QED) is 0.817. The third-order valence-corrected chi connectivity index (χ3v) is 4.10. The van der Waals surface area contributed by atoms with Crippen LogP contribution in [0.5, 0.6) is 0 Å². The van der Waals surface area contributed by atoms with Crippen LogP contribution < -0.4 is 0 Å². The van der Waals surface area contributed by atoms with Gasteiger partial charge >= 0.3 is 0 Å². The van der Waals surface area contributed by atoms with E-state index in [2.05, 4.69) is 11.2 Å². The molecule has 0 unspecified atom stereocenters. The molecule has 0 amide bonds. The lowest BCUT2D eigenvalue weighted by Crippen LogP contribution is -2.06. The van der Waals surface area contributed by atoms with Crippen molar-refractivity contribution in [3.63, 3.8) is 0 Å². The molecule has 0 fully saturated rings. The summed E-state index contributed by atoms with van der Waals surface area (Å²) in [5.41, 5.74) is 2.55. The summed E-state index contributed by atoms with van der Waals surface area (Å²) in [5, 5.41) is 5.96. The van der Waals surface area contributed by atoms with Crippen molar-refractivity contribution in [3.8, 4) is 0 Å². The summed E-state index contributed by atoms with van der Waals surface area (Å²) in [5.74, 6) is -0.205. The molecule has 2 nitrogen and oxygen atoms in total. The van der Waals surface area contributed by atoms with Crippen molar-refractivity contribution in [1.82, 2.24) is 0 Å². The molecule has 1 atom stereocenters. The van der Waals surface area contributed by atoms with Crippen molar-refractivity contribution < 1.29 is 9.23 Å². The second-order valence-electron chi connectivity index (χ2n) is 4.69. The molecule has 0 spiro atoms. The fourth-order valence-electron chi connectivity index (χ4n) is 2.35. The SMILES string of the molecule is CC1=NO[C@@H](c2c(F)cccc2Cc2cccs2)C1. The molecule has 2 heterocycles. The van der Waals surface area contributed by atoms with E-state index in [1.54, 1.807) is 17.4 Å². The molecule has 19 heavy (non-hydrogen) atoms. The summed E-state index contributed by atoms with van der Waals surface area (Å²) in [4.78, 5) is 6.57. The van der Waals surface area contributed by atoms with Crippen LogP contribution >= 0.6 is 11.3 Å². The molecule has 0 saturated heterocycles. The van der Waals surface area contributed by atoms with E-state index in [0.29, 0.717) is 12.0 Å². The normalized spacial score (nSPS) is 18.2. The van der Waals surface area contributed by atoms with Crippen LogP contribution in [0.1, 0.15) is 35.5 Å². The number of oxime groups is 1. The summed E-state index contributed by atoms with van der Waals surface area (Å²) < 4.78 is 14.1. The van der Waals surface area contributed by atoms with Crippen molar-refractivity contribution in [3.05, 3.63) is 57.5 Å². The van der Waals surface area contributed by atoms with E-state index in [-0.39, 0.29) is 11.9 Å². The number of hydrogen-bond acceptors (Lipinski definition) is 3. The highest BCUT2D eigenvalue weighted by atomic mass is 32.1. The van der Waals surface area contributed by atoms with Crippen LogP contribution in [0.15, 0.2) is 40.9 Å². The number of rotatable bonds is 3. The van der Waals surface area contributed by atoms with Crippen molar-refractivity contribution in [1.29, 1.82) is 0 Å². The molecular formula is C15H14FNOS. The van der Waals surface area contributed by atoms with Gasteiger partial charge in [-0.3, -0.25) is 0 Å². The minimum absolute atomic E-state index is 0.205. The minimum atomic E-state index is -0.281. The molecule has 0 aliphatic carbocycles. The third kappa shape index (κ3) is 2.54. The first-order valence-electron chi connectivity index (χ1n) is 6.23. The zero-order valence-electron chi connectivity index (χ0n) is 10.6. The van der Waals surface area contributed by atoms with E-state index >= 15 is 0 Å². The van der Waals surface area contributed by atoms with Crippen LogP contribution in [0.2, 0.25) is 0 Å². The molecule has 1 aromatic heterocycles. The van der Waals surface area contributed by atoms with E-state index in [1.807, 2.05) is 24.4 Å². The lowest BCUT2D eigenvalue weighted by atomic mass is 9.96. The topological polar surface area (TPSA) is 21.6 Å². The fourth-order valence-corrected chi connectivity index (χ4v) is 3.08. The van der Waals surface area contributed by atoms with Crippen LogP contribution in [-0.4, -0.2) is 5.71 Å². The third-order valence-electron chi connectivity index (χ3n) is 3.23. The standard InChI is InChI=1S/C15H14FNOS/c1-10-8-14(18-17-10)15-11(4-2-6-13(15)16)9-12-5-3-7-19-12/h2-7,14H,8-9H2,1H3/t14-/m1/s1. The maximum absolute atomic E-state index is 14.1. The average molecular weight is 275 g/mol. The second-order valence-corrected chi connectivity index (χ2v) is 5.73. The Morgan fingerprint density at radius 3 is 2.95 bits per heavy atom. The van der Waals surface area contributed by atoms with Gasteiger partial charge in [0.25, 0.3) is 0 Å². The summed E-state index contributed by atoms with van der Waals surface area (Å²) >= 11 is 1.68. The van der Waals surface area contributed by atoms with Gasteiger partial charge in [0.1, 0.15) is 5.82 Å². The van der Waals surface area contributed by atoms with Crippen LogP contribution in [-0.2, 0) is 11.3 Å². The lowest BCUT2D eigenvalue weighted by Gasteiger charge is -2.14. The number of hydrogen-bond donors (Lipinski definition) is 0. The maximum Gasteiger partial charge on any atom is 0.160 e.